The zero-order chi connectivity index (χ0) is 22.0. The topological polar surface area (TPSA) is 100 Å². The molecule has 2 aromatic heterocycles. The van der Waals surface area contributed by atoms with Crippen LogP contribution in [0.5, 0.6) is 0 Å². The van der Waals surface area contributed by atoms with Crippen LogP contribution in [0.15, 0.2) is 36.7 Å². The van der Waals surface area contributed by atoms with Crippen LogP contribution >= 0.6 is 0 Å². The Bertz CT molecular complexity index is 1070. The SMILES string of the molecule is Cn1ccnc1-c1cc(NC(=O)Nc2cc(C(F)(F)F)ccc2N2CCOCC2)n[nH]1. The Balaban J connectivity index is 1.53. The second kappa shape index (κ2) is 8.30. The predicted molar refractivity (Wildman–Crippen MR) is 108 cm³/mol. The van der Waals surface area contributed by atoms with E-state index in [0.29, 0.717) is 43.5 Å². The summed E-state index contributed by atoms with van der Waals surface area (Å²) in [5.74, 6) is 0.823. The van der Waals surface area contributed by atoms with Gasteiger partial charge in [0.05, 0.1) is 30.2 Å². The second-order valence-corrected chi connectivity index (χ2v) is 6.94. The molecule has 9 nitrogen and oxygen atoms in total. The van der Waals surface area contributed by atoms with E-state index in [0.717, 1.165) is 12.1 Å². The molecule has 1 aliphatic rings. The summed E-state index contributed by atoms with van der Waals surface area (Å²) in [4.78, 5) is 18.6. The predicted octanol–water partition coefficient (Wildman–Crippen LogP) is 3.31. The average molecular weight is 435 g/mol. The van der Waals surface area contributed by atoms with E-state index >= 15 is 0 Å². The third-order valence-electron chi connectivity index (χ3n) is 4.81. The highest BCUT2D eigenvalue weighted by atomic mass is 19.4. The fraction of sp³-hybridized carbons (Fsp3) is 0.316. The first kappa shape index (κ1) is 20.7. The van der Waals surface area contributed by atoms with Crippen molar-refractivity contribution in [2.75, 3.05) is 41.8 Å². The summed E-state index contributed by atoms with van der Waals surface area (Å²) in [6, 6.07) is 4.15. The van der Waals surface area contributed by atoms with Crippen molar-refractivity contribution in [2.24, 2.45) is 7.05 Å². The summed E-state index contributed by atoms with van der Waals surface area (Å²) in [5, 5.41) is 11.8. The third kappa shape index (κ3) is 4.63. The molecule has 0 saturated carbocycles. The number of benzene rings is 1. The number of hydrogen-bond donors (Lipinski definition) is 3. The molecule has 1 aromatic carbocycles. The molecule has 3 N–H and O–H groups in total. The van der Waals surface area contributed by atoms with Gasteiger partial charge in [-0.05, 0) is 18.2 Å². The van der Waals surface area contributed by atoms with Crippen LogP contribution < -0.4 is 15.5 Å². The number of hydrogen-bond acceptors (Lipinski definition) is 5. The van der Waals surface area contributed by atoms with E-state index < -0.39 is 17.8 Å². The van der Waals surface area contributed by atoms with E-state index in [-0.39, 0.29) is 11.5 Å². The molecule has 12 heteroatoms. The van der Waals surface area contributed by atoms with Crippen LogP contribution in [0, 0.1) is 0 Å². The number of aromatic amines is 1. The summed E-state index contributed by atoms with van der Waals surface area (Å²) in [7, 11) is 1.81. The van der Waals surface area contributed by atoms with Gasteiger partial charge in [-0.15, -0.1) is 0 Å². The monoisotopic (exact) mass is 435 g/mol. The fourth-order valence-electron chi connectivity index (χ4n) is 3.29. The van der Waals surface area contributed by atoms with Crippen molar-refractivity contribution in [1.29, 1.82) is 0 Å². The lowest BCUT2D eigenvalue weighted by molar-refractivity contribution is -0.137. The van der Waals surface area contributed by atoms with Gasteiger partial charge < -0.3 is 19.5 Å². The third-order valence-corrected chi connectivity index (χ3v) is 4.81. The number of ether oxygens (including phenoxy) is 1. The molecule has 0 atom stereocenters. The molecule has 3 aromatic rings. The van der Waals surface area contributed by atoms with E-state index in [1.807, 2.05) is 11.9 Å². The number of halogens is 3. The lowest BCUT2D eigenvalue weighted by Gasteiger charge is -2.31. The van der Waals surface area contributed by atoms with Crippen LogP contribution in [0.3, 0.4) is 0 Å². The molecule has 31 heavy (non-hydrogen) atoms. The number of imidazole rings is 1. The number of nitrogens with zero attached hydrogens (tertiary/aromatic N) is 4. The average Bonchev–Trinajstić information content (AvgIpc) is 3.36. The largest absolute Gasteiger partial charge is 0.416 e. The number of amides is 2. The van der Waals surface area contributed by atoms with Gasteiger partial charge in [0, 0.05) is 38.6 Å². The highest BCUT2D eigenvalue weighted by molar-refractivity contribution is 6.01. The maximum absolute atomic E-state index is 13.2. The summed E-state index contributed by atoms with van der Waals surface area (Å²) >= 11 is 0. The summed E-state index contributed by atoms with van der Waals surface area (Å²) < 4.78 is 46.7. The van der Waals surface area contributed by atoms with E-state index in [9.17, 15) is 18.0 Å². The minimum absolute atomic E-state index is 0.0501. The molecule has 1 aliphatic heterocycles. The van der Waals surface area contributed by atoms with Gasteiger partial charge in [0.25, 0.3) is 0 Å². The molecule has 0 unspecified atom stereocenters. The molecule has 2 amide bonds. The number of aromatic nitrogens is 4. The first-order chi connectivity index (χ1) is 14.8. The number of rotatable bonds is 4. The molecule has 0 bridgehead atoms. The van der Waals surface area contributed by atoms with Gasteiger partial charge in [0.15, 0.2) is 11.6 Å². The van der Waals surface area contributed by atoms with Gasteiger partial charge in [-0.3, -0.25) is 10.4 Å². The Kier molecular flexibility index (Phi) is 5.55. The molecule has 0 spiro atoms. The van der Waals surface area contributed by atoms with Crippen molar-refractivity contribution in [3.63, 3.8) is 0 Å². The van der Waals surface area contributed by atoms with Crippen molar-refractivity contribution in [1.82, 2.24) is 19.7 Å². The molecular weight excluding hydrogens is 415 g/mol. The van der Waals surface area contributed by atoms with Gasteiger partial charge >= 0.3 is 12.2 Å². The van der Waals surface area contributed by atoms with E-state index in [2.05, 4.69) is 25.8 Å². The Labute approximate surface area is 175 Å². The number of carbonyl (C=O) groups excluding carboxylic acids is 1. The minimum Gasteiger partial charge on any atom is -0.378 e. The maximum Gasteiger partial charge on any atom is 0.416 e. The van der Waals surface area contributed by atoms with Crippen molar-refractivity contribution in [3.8, 4) is 11.5 Å². The second-order valence-electron chi connectivity index (χ2n) is 6.94. The Morgan fingerprint density at radius 2 is 1.97 bits per heavy atom. The lowest BCUT2D eigenvalue weighted by Crippen LogP contribution is -2.37. The van der Waals surface area contributed by atoms with Crippen LogP contribution in [0.25, 0.3) is 11.5 Å². The van der Waals surface area contributed by atoms with Gasteiger partial charge in [-0.1, -0.05) is 0 Å². The molecule has 164 valence electrons. The van der Waals surface area contributed by atoms with E-state index in [4.69, 9.17) is 4.74 Å². The molecule has 0 aliphatic carbocycles. The van der Waals surface area contributed by atoms with Crippen molar-refractivity contribution < 1.29 is 22.7 Å². The Morgan fingerprint density at radius 1 is 1.19 bits per heavy atom. The van der Waals surface area contributed by atoms with Crippen LogP contribution in [0.2, 0.25) is 0 Å². The standard InChI is InChI=1S/C19H20F3N7O2/c1-28-5-4-23-17(28)14-11-16(27-26-14)25-18(30)24-13-10-12(19(20,21)22)2-3-15(13)29-6-8-31-9-7-29/h2-5,10-11H,6-9H2,1H3,(H3,24,25,26,27,30). The summed E-state index contributed by atoms with van der Waals surface area (Å²) in [5.41, 5.74) is 0.267. The number of nitrogens with one attached hydrogen (secondary N) is 3. The molecule has 0 radical (unpaired) electrons. The van der Waals surface area contributed by atoms with Crippen molar-refractivity contribution in [2.45, 2.75) is 6.18 Å². The quantitative estimate of drug-likeness (QED) is 0.584. The first-order valence-corrected chi connectivity index (χ1v) is 9.46. The van der Waals surface area contributed by atoms with Crippen molar-refractivity contribution >= 4 is 23.2 Å². The molecule has 4 rings (SSSR count). The van der Waals surface area contributed by atoms with Crippen LogP contribution in [0.1, 0.15) is 5.56 Å². The first-order valence-electron chi connectivity index (χ1n) is 9.46. The molecule has 1 saturated heterocycles. The highest BCUT2D eigenvalue weighted by Crippen LogP contribution is 2.35. The summed E-state index contributed by atoms with van der Waals surface area (Å²) in [6.07, 6.45) is -1.15. The fourth-order valence-corrected chi connectivity index (χ4v) is 3.29. The summed E-state index contributed by atoms with van der Waals surface area (Å²) in [6.45, 7) is 1.92. The smallest absolute Gasteiger partial charge is 0.378 e. The zero-order valence-electron chi connectivity index (χ0n) is 16.5. The van der Waals surface area contributed by atoms with E-state index in [1.165, 1.54) is 6.07 Å². The number of aryl methyl sites for hydroxylation is 1. The van der Waals surface area contributed by atoms with Gasteiger partial charge in [-0.2, -0.15) is 18.3 Å². The number of morpholine rings is 1. The maximum atomic E-state index is 13.2. The molecule has 3 heterocycles. The number of alkyl halides is 3. The minimum atomic E-state index is -4.53. The normalized spacial score (nSPS) is 14.5. The Morgan fingerprint density at radius 3 is 2.65 bits per heavy atom. The van der Waals surface area contributed by atoms with Crippen LogP contribution in [0.4, 0.5) is 35.2 Å². The lowest BCUT2D eigenvalue weighted by atomic mass is 10.1. The van der Waals surface area contributed by atoms with Crippen LogP contribution in [-0.4, -0.2) is 52.1 Å². The van der Waals surface area contributed by atoms with Crippen LogP contribution in [-0.2, 0) is 18.0 Å². The molecule has 1 fully saturated rings. The van der Waals surface area contributed by atoms with Gasteiger partial charge in [0.1, 0.15) is 5.69 Å². The highest BCUT2D eigenvalue weighted by Gasteiger charge is 2.32. The molecular formula is C19H20F3N7O2. The number of carbonyl (C=O) groups is 1. The number of H-pyrrole nitrogens is 1. The Hall–Kier alpha value is -3.54. The number of anilines is 3. The van der Waals surface area contributed by atoms with Gasteiger partial charge in [0.2, 0.25) is 0 Å². The van der Waals surface area contributed by atoms with Gasteiger partial charge in [-0.25, -0.2) is 9.78 Å². The number of urea groups is 1. The van der Waals surface area contributed by atoms with E-state index in [1.54, 1.807) is 23.0 Å². The van der Waals surface area contributed by atoms with Crippen molar-refractivity contribution in [3.05, 3.63) is 42.2 Å². The zero-order valence-corrected chi connectivity index (χ0v) is 16.5.